The summed E-state index contributed by atoms with van der Waals surface area (Å²) in [5.74, 6) is 0. The summed E-state index contributed by atoms with van der Waals surface area (Å²) >= 11 is 0. The molecule has 0 unspecified atom stereocenters. The van der Waals surface area contributed by atoms with Crippen LogP contribution in [0, 0.1) is 16.7 Å². The van der Waals surface area contributed by atoms with Gasteiger partial charge in [0.15, 0.2) is 0 Å². The smallest absolute Gasteiger partial charge is 0.0818 e. The molecule has 0 saturated carbocycles. The molecule has 4 N–H and O–H groups in total. The van der Waals surface area contributed by atoms with Crippen LogP contribution in [0.4, 0.5) is 0 Å². The number of nitrogens with one attached hydrogen (secondary N) is 1. The Morgan fingerprint density at radius 2 is 1.95 bits per heavy atom. The Hall–Kier alpha value is -1.12. The zero-order valence-corrected chi connectivity index (χ0v) is 14.3. The Morgan fingerprint density at radius 1 is 1.32 bits per heavy atom. The highest BCUT2D eigenvalue weighted by Gasteiger charge is 2.19. The van der Waals surface area contributed by atoms with Gasteiger partial charge in [-0.25, -0.2) is 0 Å². The average molecular weight is 326 g/mol. The molecule has 0 aromatic heterocycles. The van der Waals surface area contributed by atoms with Crippen molar-refractivity contribution in [3.63, 3.8) is 0 Å². The summed E-state index contributed by atoms with van der Waals surface area (Å²) in [5, 5.41) is 22.0. The first-order valence-corrected chi connectivity index (χ1v) is 7.50. The topological polar surface area (TPSA) is 82.1 Å². The Bertz CT molecular complexity index is 445. The SMILES string of the molecule is CC(C)(CCC#N)CNC[C@@H](O)[C@@H](N)Cc1ccccc1.Cl. The molecule has 0 radical (unpaired) electrons. The number of rotatable bonds is 9. The van der Waals surface area contributed by atoms with Crippen molar-refractivity contribution >= 4 is 12.4 Å². The van der Waals surface area contributed by atoms with E-state index in [0.717, 1.165) is 18.5 Å². The van der Waals surface area contributed by atoms with E-state index in [1.807, 2.05) is 30.3 Å². The van der Waals surface area contributed by atoms with Gasteiger partial charge in [0, 0.05) is 25.6 Å². The van der Waals surface area contributed by atoms with Gasteiger partial charge in [-0.1, -0.05) is 44.2 Å². The number of benzene rings is 1. The highest BCUT2D eigenvalue weighted by Crippen LogP contribution is 2.20. The fourth-order valence-corrected chi connectivity index (χ4v) is 2.21. The van der Waals surface area contributed by atoms with E-state index >= 15 is 0 Å². The normalized spacial score (nSPS) is 13.8. The number of nitrogens with zero attached hydrogens (tertiary/aromatic N) is 1. The molecule has 1 aromatic rings. The summed E-state index contributed by atoms with van der Waals surface area (Å²) in [4.78, 5) is 0. The average Bonchev–Trinajstić information content (AvgIpc) is 2.46. The number of aliphatic hydroxyl groups excluding tert-OH is 1. The summed E-state index contributed by atoms with van der Waals surface area (Å²) in [6, 6.07) is 11.9. The first-order valence-electron chi connectivity index (χ1n) is 7.50. The molecule has 0 aliphatic carbocycles. The van der Waals surface area contributed by atoms with Crippen LogP contribution < -0.4 is 11.1 Å². The monoisotopic (exact) mass is 325 g/mol. The number of halogens is 1. The van der Waals surface area contributed by atoms with Crippen molar-refractivity contribution in [1.29, 1.82) is 5.26 Å². The number of nitrogens with two attached hydrogens (primary N) is 1. The largest absolute Gasteiger partial charge is 0.390 e. The zero-order chi connectivity index (χ0) is 15.7. The molecule has 5 heteroatoms. The summed E-state index contributed by atoms with van der Waals surface area (Å²) in [7, 11) is 0. The second kappa shape index (κ2) is 10.6. The lowest BCUT2D eigenvalue weighted by Crippen LogP contribution is -2.44. The first-order chi connectivity index (χ1) is 9.94. The Labute approximate surface area is 140 Å². The minimum absolute atomic E-state index is 0. The number of hydrogen-bond acceptors (Lipinski definition) is 4. The lowest BCUT2D eigenvalue weighted by atomic mass is 9.88. The summed E-state index contributed by atoms with van der Waals surface area (Å²) in [5.41, 5.74) is 7.24. The van der Waals surface area contributed by atoms with Gasteiger partial charge in [-0.15, -0.1) is 12.4 Å². The molecule has 0 spiro atoms. The molecule has 4 nitrogen and oxygen atoms in total. The van der Waals surface area contributed by atoms with Gasteiger partial charge in [0.2, 0.25) is 0 Å². The quantitative estimate of drug-likeness (QED) is 0.650. The highest BCUT2D eigenvalue weighted by molar-refractivity contribution is 5.85. The second-order valence-electron chi connectivity index (χ2n) is 6.37. The van der Waals surface area contributed by atoms with Crippen LogP contribution >= 0.6 is 12.4 Å². The third-order valence-corrected chi connectivity index (χ3v) is 3.68. The van der Waals surface area contributed by atoms with Gasteiger partial charge in [0.1, 0.15) is 0 Å². The van der Waals surface area contributed by atoms with Gasteiger partial charge >= 0.3 is 0 Å². The molecule has 0 saturated heterocycles. The second-order valence-corrected chi connectivity index (χ2v) is 6.37. The van der Waals surface area contributed by atoms with Gasteiger partial charge < -0.3 is 16.2 Å². The van der Waals surface area contributed by atoms with Crippen molar-refractivity contribution in [3.05, 3.63) is 35.9 Å². The van der Waals surface area contributed by atoms with Crippen molar-refractivity contribution in [2.24, 2.45) is 11.1 Å². The third kappa shape index (κ3) is 8.35. The number of hydrogen-bond donors (Lipinski definition) is 3. The van der Waals surface area contributed by atoms with Crippen LogP contribution in [0.15, 0.2) is 30.3 Å². The van der Waals surface area contributed by atoms with Crippen LogP contribution in [0.25, 0.3) is 0 Å². The van der Waals surface area contributed by atoms with Crippen LogP contribution in [0.2, 0.25) is 0 Å². The highest BCUT2D eigenvalue weighted by atomic mass is 35.5. The van der Waals surface area contributed by atoms with Crippen LogP contribution in [-0.4, -0.2) is 30.3 Å². The summed E-state index contributed by atoms with van der Waals surface area (Å²) < 4.78 is 0. The number of aliphatic hydroxyl groups is 1. The molecule has 0 bridgehead atoms. The van der Waals surface area contributed by atoms with E-state index in [2.05, 4.69) is 25.2 Å². The third-order valence-electron chi connectivity index (χ3n) is 3.68. The first kappa shape index (κ1) is 20.9. The van der Waals surface area contributed by atoms with Crippen LogP contribution in [-0.2, 0) is 6.42 Å². The fourth-order valence-electron chi connectivity index (χ4n) is 2.21. The Balaban J connectivity index is 0.00000441. The molecule has 0 aliphatic heterocycles. The van der Waals surface area contributed by atoms with Gasteiger partial charge in [-0.05, 0) is 23.8 Å². The van der Waals surface area contributed by atoms with Crippen LogP contribution in [0.3, 0.4) is 0 Å². The predicted octanol–water partition coefficient (Wildman–Crippen LogP) is 2.26. The van der Waals surface area contributed by atoms with Crippen LogP contribution in [0.1, 0.15) is 32.3 Å². The van der Waals surface area contributed by atoms with E-state index in [-0.39, 0.29) is 23.9 Å². The predicted molar refractivity (Wildman–Crippen MR) is 92.9 cm³/mol. The lowest BCUT2D eigenvalue weighted by Gasteiger charge is -2.26. The lowest BCUT2D eigenvalue weighted by molar-refractivity contribution is 0.137. The maximum Gasteiger partial charge on any atom is 0.0818 e. The van der Waals surface area contributed by atoms with Gasteiger partial charge in [0.05, 0.1) is 12.2 Å². The number of nitriles is 1. The maximum atomic E-state index is 10.1. The van der Waals surface area contributed by atoms with Gasteiger partial charge in [0.25, 0.3) is 0 Å². The zero-order valence-electron chi connectivity index (χ0n) is 13.5. The Morgan fingerprint density at radius 3 is 2.55 bits per heavy atom. The summed E-state index contributed by atoms with van der Waals surface area (Å²) in [6.45, 7) is 5.48. The molecular formula is C17H28ClN3O. The molecule has 1 rings (SSSR count). The van der Waals surface area contributed by atoms with Crippen molar-refractivity contribution in [2.45, 2.75) is 45.3 Å². The molecule has 1 aromatic carbocycles. The molecular weight excluding hydrogens is 298 g/mol. The molecule has 0 amide bonds. The van der Waals surface area contributed by atoms with E-state index < -0.39 is 6.10 Å². The fraction of sp³-hybridized carbons (Fsp3) is 0.588. The molecule has 2 atom stereocenters. The summed E-state index contributed by atoms with van der Waals surface area (Å²) in [6.07, 6.45) is 1.51. The van der Waals surface area contributed by atoms with E-state index in [9.17, 15) is 5.11 Å². The van der Waals surface area contributed by atoms with Crippen molar-refractivity contribution in [2.75, 3.05) is 13.1 Å². The molecule has 22 heavy (non-hydrogen) atoms. The van der Waals surface area contributed by atoms with Gasteiger partial charge in [-0.3, -0.25) is 0 Å². The Kier molecular flexibility index (Phi) is 10.0. The molecule has 0 aliphatic rings. The molecule has 0 fully saturated rings. The van der Waals surface area contributed by atoms with Crippen molar-refractivity contribution in [3.8, 4) is 6.07 Å². The van der Waals surface area contributed by atoms with E-state index in [1.54, 1.807) is 0 Å². The van der Waals surface area contributed by atoms with Gasteiger partial charge in [-0.2, -0.15) is 5.26 Å². The standard InChI is InChI=1S/C17H27N3O.ClH/c1-17(2,9-6-10-18)13-20-12-16(21)15(19)11-14-7-4-3-5-8-14;/h3-5,7-8,15-16,20-21H,6,9,11-13,19H2,1-2H3;1H/t15-,16+;/m0./s1. The minimum atomic E-state index is -0.572. The molecule has 0 heterocycles. The van der Waals surface area contributed by atoms with E-state index in [4.69, 9.17) is 11.0 Å². The van der Waals surface area contributed by atoms with E-state index in [1.165, 1.54) is 0 Å². The maximum absolute atomic E-state index is 10.1. The van der Waals surface area contributed by atoms with Crippen molar-refractivity contribution < 1.29 is 5.11 Å². The molecule has 124 valence electrons. The van der Waals surface area contributed by atoms with Crippen molar-refractivity contribution in [1.82, 2.24) is 5.32 Å². The van der Waals surface area contributed by atoms with Crippen LogP contribution in [0.5, 0.6) is 0 Å². The van der Waals surface area contributed by atoms with E-state index in [0.29, 0.717) is 19.4 Å². The minimum Gasteiger partial charge on any atom is -0.390 e.